The molecule has 0 aliphatic rings. The standard InChI is InChI=1S/C20H16BrNO4/c21-16-8-6-14(7-9-16)18(12-22(24)25)20(15-4-2-1-3-5-15)19-11-10-17(13-23)26-19/h1-11,13,18,20H,12H2/t18-,20+/m0/s1. The summed E-state index contributed by atoms with van der Waals surface area (Å²) in [5.74, 6) is -0.0766. The molecule has 0 radical (unpaired) electrons. The quantitative estimate of drug-likeness (QED) is 0.308. The molecule has 2 atom stereocenters. The largest absolute Gasteiger partial charge is 0.458 e. The molecule has 0 spiro atoms. The molecule has 26 heavy (non-hydrogen) atoms. The molecule has 0 N–H and O–H groups in total. The molecule has 0 bridgehead atoms. The Balaban J connectivity index is 2.13. The van der Waals surface area contributed by atoms with E-state index < -0.39 is 5.92 Å². The maximum Gasteiger partial charge on any atom is 0.211 e. The van der Waals surface area contributed by atoms with Gasteiger partial charge in [0.1, 0.15) is 5.76 Å². The second-order valence-corrected chi connectivity index (χ2v) is 6.84. The molecule has 6 heteroatoms. The highest BCUT2D eigenvalue weighted by molar-refractivity contribution is 9.10. The fourth-order valence-electron chi connectivity index (χ4n) is 3.13. The summed E-state index contributed by atoms with van der Waals surface area (Å²) in [6.45, 7) is -0.252. The second-order valence-electron chi connectivity index (χ2n) is 5.92. The van der Waals surface area contributed by atoms with Crippen molar-refractivity contribution in [2.24, 2.45) is 0 Å². The molecule has 0 saturated heterocycles. The van der Waals surface area contributed by atoms with Crippen molar-refractivity contribution in [1.82, 2.24) is 0 Å². The molecule has 0 aliphatic carbocycles. The van der Waals surface area contributed by atoms with Gasteiger partial charge in [-0.25, -0.2) is 0 Å². The summed E-state index contributed by atoms with van der Waals surface area (Å²) in [5, 5.41) is 11.4. The van der Waals surface area contributed by atoms with E-state index in [9.17, 15) is 14.9 Å². The van der Waals surface area contributed by atoms with E-state index in [4.69, 9.17) is 4.42 Å². The minimum Gasteiger partial charge on any atom is -0.458 e. The zero-order valence-electron chi connectivity index (χ0n) is 13.7. The minimum absolute atomic E-state index is 0.205. The number of nitro groups is 1. The van der Waals surface area contributed by atoms with Crippen LogP contribution in [0.3, 0.4) is 0 Å². The summed E-state index contributed by atoms with van der Waals surface area (Å²) in [5.41, 5.74) is 1.73. The first-order chi connectivity index (χ1) is 12.6. The summed E-state index contributed by atoms with van der Waals surface area (Å²) < 4.78 is 6.56. The van der Waals surface area contributed by atoms with Crippen molar-refractivity contribution in [3.63, 3.8) is 0 Å². The number of carbonyl (C=O) groups excluding carboxylic acids is 1. The molecular formula is C20H16BrNO4. The van der Waals surface area contributed by atoms with Crippen molar-refractivity contribution in [3.8, 4) is 0 Å². The average Bonchev–Trinajstić information content (AvgIpc) is 3.11. The van der Waals surface area contributed by atoms with Gasteiger partial charge in [0.2, 0.25) is 6.54 Å². The van der Waals surface area contributed by atoms with Crippen LogP contribution in [0, 0.1) is 10.1 Å². The van der Waals surface area contributed by atoms with Gasteiger partial charge in [-0.2, -0.15) is 0 Å². The number of furan rings is 1. The highest BCUT2D eigenvalue weighted by Gasteiger charge is 2.32. The van der Waals surface area contributed by atoms with Crippen LogP contribution in [-0.2, 0) is 0 Å². The second kappa shape index (κ2) is 8.10. The Morgan fingerprint density at radius 1 is 1.00 bits per heavy atom. The zero-order valence-corrected chi connectivity index (χ0v) is 15.3. The molecule has 1 heterocycles. The van der Waals surface area contributed by atoms with Crippen molar-refractivity contribution < 1.29 is 14.1 Å². The third-order valence-electron chi connectivity index (χ3n) is 4.28. The number of nitrogens with zero attached hydrogens (tertiary/aromatic N) is 1. The Labute approximate surface area is 158 Å². The van der Waals surface area contributed by atoms with Gasteiger partial charge in [-0.3, -0.25) is 14.9 Å². The Kier molecular flexibility index (Phi) is 5.63. The number of carbonyl (C=O) groups is 1. The normalized spacial score (nSPS) is 13.1. The van der Waals surface area contributed by atoms with Crippen molar-refractivity contribution in [1.29, 1.82) is 0 Å². The average molecular weight is 414 g/mol. The summed E-state index contributed by atoms with van der Waals surface area (Å²) in [6.07, 6.45) is 0.633. The number of hydrogen-bond donors (Lipinski definition) is 0. The van der Waals surface area contributed by atoms with Gasteiger partial charge in [-0.05, 0) is 35.4 Å². The minimum atomic E-state index is -0.439. The van der Waals surface area contributed by atoms with Gasteiger partial charge in [0.05, 0.1) is 11.8 Å². The Bertz CT molecular complexity index is 890. The third kappa shape index (κ3) is 4.08. The van der Waals surface area contributed by atoms with E-state index in [1.807, 2.05) is 54.6 Å². The molecule has 3 aromatic rings. The highest BCUT2D eigenvalue weighted by atomic mass is 79.9. The highest BCUT2D eigenvalue weighted by Crippen LogP contribution is 2.39. The predicted octanol–water partition coefficient (Wildman–Crippen LogP) is 5.05. The molecule has 0 aliphatic heterocycles. The lowest BCUT2D eigenvalue weighted by Crippen LogP contribution is -2.21. The summed E-state index contributed by atoms with van der Waals surface area (Å²) in [6, 6.07) is 20.3. The number of aldehydes is 1. The van der Waals surface area contributed by atoms with Gasteiger partial charge < -0.3 is 4.42 Å². The summed E-state index contributed by atoms with van der Waals surface area (Å²) in [7, 11) is 0. The first-order valence-electron chi connectivity index (χ1n) is 8.05. The lowest BCUT2D eigenvalue weighted by atomic mass is 9.80. The van der Waals surface area contributed by atoms with Crippen molar-refractivity contribution in [2.75, 3.05) is 6.54 Å². The Hall–Kier alpha value is -2.73. The molecular weight excluding hydrogens is 398 g/mol. The van der Waals surface area contributed by atoms with E-state index in [0.29, 0.717) is 12.0 Å². The van der Waals surface area contributed by atoms with E-state index in [-0.39, 0.29) is 23.1 Å². The first kappa shape index (κ1) is 18.1. The Morgan fingerprint density at radius 2 is 1.69 bits per heavy atom. The van der Waals surface area contributed by atoms with Crippen LogP contribution in [0.4, 0.5) is 0 Å². The van der Waals surface area contributed by atoms with Gasteiger partial charge in [-0.1, -0.05) is 58.4 Å². The molecule has 0 amide bonds. The molecule has 132 valence electrons. The maximum atomic E-state index is 11.4. The van der Waals surface area contributed by atoms with E-state index in [1.165, 1.54) is 0 Å². The predicted molar refractivity (Wildman–Crippen MR) is 101 cm³/mol. The van der Waals surface area contributed by atoms with E-state index in [1.54, 1.807) is 12.1 Å². The van der Waals surface area contributed by atoms with Gasteiger partial charge in [0, 0.05) is 9.40 Å². The van der Waals surface area contributed by atoms with Crippen molar-refractivity contribution in [2.45, 2.75) is 11.8 Å². The van der Waals surface area contributed by atoms with Crippen LogP contribution >= 0.6 is 15.9 Å². The molecule has 5 nitrogen and oxygen atoms in total. The SMILES string of the molecule is O=Cc1ccc([C@H](c2ccccc2)[C@@H](C[N+](=O)[O-])c2ccc(Br)cc2)o1. The van der Waals surface area contributed by atoms with Gasteiger partial charge in [0.15, 0.2) is 12.0 Å². The zero-order chi connectivity index (χ0) is 18.5. The summed E-state index contributed by atoms with van der Waals surface area (Å²) in [4.78, 5) is 22.1. The van der Waals surface area contributed by atoms with E-state index in [2.05, 4.69) is 15.9 Å². The molecule has 0 saturated carbocycles. The van der Waals surface area contributed by atoms with Crippen LogP contribution in [0.25, 0.3) is 0 Å². The summed E-state index contributed by atoms with van der Waals surface area (Å²) >= 11 is 3.39. The van der Waals surface area contributed by atoms with Crippen LogP contribution in [0.5, 0.6) is 0 Å². The fraction of sp³-hybridized carbons (Fsp3) is 0.150. The first-order valence-corrected chi connectivity index (χ1v) is 8.85. The van der Waals surface area contributed by atoms with Crippen LogP contribution in [0.15, 0.2) is 75.6 Å². The van der Waals surface area contributed by atoms with Crippen molar-refractivity contribution >= 4 is 22.2 Å². The fourth-order valence-corrected chi connectivity index (χ4v) is 3.39. The Morgan fingerprint density at radius 3 is 2.27 bits per heavy atom. The van der Waals surface area contributed by atoms with E-state index in [0.717, 1.165) is 15.6 Å². The van der Waals surface area contributed by atoms with E-state index >= 15 is 0 Å². The molecule has 1 aromatic heterocycles. The van der Waals surface area contributed by atoms with Crippen molar-refractivity contribution in [3.05, 3.63) is 104 Å². The smallest absolute Gasteiger partial charge is 0.211 e. The van der Waals surface area contributed by atoms with Crippen LogP contribution in [0.2, 0.25) is 0 Å². The van der Waals surface area contributed by atoms with Gasteiger partial charge in [-0.15, -0.1) is 0 Å². The molecule has 2 aromatic carbocycles. The molecule has 3 rings (SSSR count). The maximum absolute atomic E-state index is 11.4. The monoisotopic (exact) mass is 413 g/mol. The topological polar surface area (TPSA) is 73.3 Å². The third-order valence-corrected chi connectivity index (χ3v) is 4.80. The number of halogens is 1. The number of hydrogen-bond acceptors (Lipinski definition) is 4. The van der Waals surface area contributed by atoms with Crippen LogP contribution in [0.1, 0.15) is 39.3 Å². The molecule has 0 fully saturated rings. The van der Waals surface area contributed by atoms with Gasteiger partial charge in [0.25, 0.3) is 0 Å². The number of benzene rings is 2. The van der Waals surface area contributed by atoms with Crippen LogP contribution < -0.4 is 0 Å². The number of rotatable bonds is 7. The lowest BCUT2D eigenvalue weighted by molar-refractivity contribution is -0.483. The van der Waals surface area contributed by atoms with Gasteiger partial charge >= 0.3 is 0 Å². The molecule has 0 unspecified atom stereocenters. The lowest BCUT2D eigenvalue weighted by Gasteiger charge is -2.24. The van der Waals surface area contributed by atoms with Crippen LogP contribution in [-0.4, -0.2) is 17.8 Å².